The molecule has 0 spiro atoms. The Balaban J connectivity index is 0.00000320. The summed E-state index contributed by atoms with van der Waals surface area (Å²) in [6.07, 6.45) is 3.76. The highest BCUT2D eigenvalue weighted by Gasteiger charge is 2.07. The summed E-state index contributed by atoms with van der Waals surface area (Å²) in [7, 11) is 2.04. The molecular weight excluding hydrogens is 491 g/mol. The third kappa shape index (κ3) is 6.58. The molecule has 0 fully saturated rings. The molecule has 162 valence electrons. The van der Waals surface area contributed by atoms with Crippen LogP contribution in [0.15, 0.2) is 53.7 Å². The van der Waals surface area contributed by atoms with E-state index in [0.29, 0.717) is 6.61 Å². The molecule has 1 N–H and O–H groups in total. The van der Waals surface area contributed by atoms with Crippen molar-refractivity contribution >= 4 is 35.6 Å². The Morgan fingerprint density at radius 1 is 1.17 bits per heavy atom. The number of likely N-dealkylation sites (N-methyl/N-ethyl adjacent to an activating group) is 1. The molecule has 0 saturated heterocycles. The number of halogens is 1. The lowest BCUT2D eigenvalue weighted by Gasteiger charge is -2.22. The minimum Gasteiger partial charge on any atom is -0.491 e. The number of ether oxygens (including phenoxy) is 1. The van der Waals surface area contributed by atoms with Gasteiger partial charge in [0.25, 0.3) is 0 Å². The van der Waals surface area contributed by atoms with Crippen LogP contribution >= 0.6 is 24.0 Å². The lowest BCUT2D eigenvalue weighted by atomic mass is 10.2. The normalized spacial score (nSPS) is 11.2. The first-order valence-electron chi connectivity index (χ1n) is 10.2. The van der Waals surface area contributed by atoms with E-state index in [1.54, 1.807) is 0 Å². The first kappa shape index (κ1) is 23.9. The van der Waals surface area contributed by atoms with Gasteiger partial charge in [0.1, 0.15) is 18.2 Å². The van der Waals surface area contributed by atoms with Gasteiger partial charge in [-0.2, -0.15) is 0 Å². The van der Waals surface area contributed by atoms with E-state index in [-0.39, 0.29) is 24.0 Å². The van der Waals surface area contributed by atoms with Crippen LogP contribution in [0.1, 0.15) is 24.7 Å². The molecule has 0 radical (unpaired) electrons. The molecule has 0 amide bonds. The second kappa shape index (κ2) is 12.4. The van der Waals surface area contributed by atoms with Gasteiger partial charge < -0.3 is 15.0 Å². The van der Waals surface area contributed by atoms with Crippen LogP contribution in [0.5, 0.6) is 5.75 Å². The Kier molecular flexibility index (Phi) is 9.85. The summed E-state index contributed by atoms with van der Waals surface area (Å²) in [5.41, 5.74) is 2.03. The van der Waals surface area contributed by atoms with Crippen LogP contribution in [-0.4, -0.2) is 58.7 Å². The highest BCUT2D eigenvalue weighted by atomic mass is 127. The quantitative estimate of drug-likeness (QED) is 0.202. The van der Waals surface area contributed by atoms with E-state index >= 15 is 0 Å². The smallest absolute Gasteiger partial charge is 0.193 e. The van der Waals surface area contributed by atoms with Crippen LogP contribution in [0.2, 0.25) is 0 Å². The Hall–Kier alpha value is -2.36. The SMILES string of the molecule is CCNC(=NCCCc1nnc2ccccn12)N(C)CCOc1ccccc1C.I. The molecular formula is C22H31IN6O. The number of aryl methyl sites for hydroxylation is 2. The van der Waals surface area contributed by atoms with Crippen molar-refractivity contribution < 1.29 is 4.74 Å². The van der Waals surface area contributed by atoms with E-state index in [1.807, 2.05) is 54.0 Å². The number of hydrogen-bond acceptors (Lipinski definition) is 4. The number of nitrogens with zero attached hydrogens (tertiary/aromatic N) is 5. The van der Waals surface area contributed by atoms with Gasteiger partial charge in [-0.3, -0.25) is 9.39 Å². The minimum atomic E-state index is 0. The van der Waals surface area contributed by atoms with E-state index in [4.69, 9.17) is 9.73 Å². The molecule has 3 rings (SSSR count). The number of guanidine groups is 1. The van der Waals surface area contributed by atoms with E-state index in [1.165, 1.54) is 0 Å². The van der Waals surface area contributed by atoms with Crippen LogP contribution in [0.25, 0.3) is 5.65 Å². The Bertz CT molecular complexity index is 942. The monoisotopic (exact) mass is 522 g/mol. The fourth-order valence-corrected chi connectivity index (χ4v) is 3.07. The molecule has 0 atom stereocenters. The van der Waals surface area contributed by atoms with Gasteiger partial charge in [-0.15, -0.1) is 34.2 Å². The van der Waals surface area contributed by atoms with Crippen molar-refractivity contribution in [3.63, 3.8) is 0 Å². The number of para-hydroxylation sites is 1. The van der Waals surface area contributed by atoms with Gasteiger partial charge in [0.2, 0.25) is 0 Å². The van der Waals surface area contributed by atoms with Crippen molar-refractivity contribution in [2.75, 3.05) is 33.3 Å². The predicted molar refractivity (Wildman–Crippen MR) is 132 cm³/mol. The van der Waals surface area contributed by atoms with E-state index in [0.717, 1.165) is 61.2 Å². The average molecular weight is 522 g/mol. The summed E-state index contributed by atoms with van der Waals surface area (Å²) in [6.45, 7) is 7.06. The fraction of sp³-hybridized carbons (Fsp3) is 0.409. The molecule has 0 saturated carbocycles. The molecule has 1 aromatic carbocycles. The zero-order chi connectivity index (χ0) is 20.5. The third-order valence-corrected chi connectivity index (χ3v) is 4.68. The van der Waals surface area contributed by atoms with Crippen molar-refractivity contribution in [1.82, 2.24) is 24.8 Å². The standard InChI is InChI=1S/C22H30N6O.HI/c1-4-23-22(27(3)16-17-29-19-11-6-5-10-18(19)2)24-14-9-13-21-26-25-20-12-7-8-15-28(20)21;/h5-8,10-12,15H,4,9,13-14,16-17H2,1-3H3,(H,23,24);1H. The maximum Gasteiger partial charge on any atom is 0.193 e. The number of benzene rings is 1. The van der Waals surface area contributed by atoms with Crippen molar-refractivity contribution in [3.05, 3.63) is 60.0 Å². The number of pyridine rings is 1. The summed E-state index contributed by atoms with van der Waals surface area (Å²) in [5, 5.41) is 11.8. The molecule has 8 heteroatoms. The molecule has 2 heterocycles. The van der Waals surface area contributed by atoms with Crippen molar-refractivity contribution in [2.45, 2.75) is 26.7 Å². The Morgan fingerprint density at radius 3 is 2.77 bits per heavy atom. The Labute approximate surface area is 195 Å². The summed E-state index contributed by atoms with van der Waals surface area (Å²) in [4.78, 5) is 6.86. The number of aliphatic imine (C=N–C) groups is 1. The fourth-order valence-electron chi connectivity index (χ4n) is 3.07. The van der Waals surface area contributed by atoms with Crippen LogP contribution in [0.4, 0.5) is 0 Å². The topological polar surface area (TPSA) is 67.0 Å². The number of hydrogen-bond donors (Lipinski definition) is 1. The number of fused-ring (bicyclic) bond motifs is 1. The van der Waals surface area contributed by atoms with Crippen LogP contribution < -0.4 is 10.1 Å². The minimum absolute atomic E-state index is 0. The van der Waals surface area contributed by atoms with Gasteiger partial charge in [-0.1, -0.05) is 24.3 Å². The van der Waals surface area contributed by atoms with Gasteiger partial charge in [-0.25, -0.2) is 0 Å². The van der Waals surface area contributed by atoms with Crippen molar-refractivity contribution in [1.29, 1.82) is 0 Å². The van der Waals surface area contributed by atoms with Gasteiger partial charge in [0.15, 0.2) is 11.6 Å². The molecule has 0 aliphatic heterocycles. The second-order valence-corrected chi connectivity index (χ2v) is 6.92. The average Bonchev–Trinajstić information content (AvgIpc) is 3.15. The molecule has 0 bridgehead atoms. The number of aromatic nitrogens is 3. The van der Waals surface area contributed by atoms with Crippen molar-refractivity contribution in [3.8, 4) is 5.75 Å². The first-order valence-corrected chi connectivity index (χ1v) is 10.2. The molecule has 0 aliphatic rings. The van der Waals surface area contributed by atoms with Crippen molar-refractivity contribution in [2.24, 2.45) is 4.99 Å². The van der Waals surface area contributed by atoms with E-state index < -0.39 is 0 Å². The van der Waals surface area contributed by atoms with Crippen LogP contribution in [0, 0.1) is 6.92 Å². The summed E-state index contributed by atoms with van der Waals surface area (Å²) in [5.74, 6) is 2.80. The molecule has 7 nitrogen and oxygen atoms in total. The maximum atomic E-state index is 5.91. The maximum absolute atomic E-state index is 5.91. The second-order valence-electron chi connectivity index (χ2n) is 6.92. The first-order chi connectivity index (χ1) is 14.2. The summed E-state index contributed by atoms with van der Waals surface area (Å²) in [6, 6.07) is 14.0. The Morgan fingerprint density at radius 2 is 1.97 bits per heavy atom. The number of nitrogens with one attached hydrogen (secondary N) is 1. The highest BCUT2D eigenvalue weighted by molar-refractivity contribution is 14.0. The zero-order valence-electron chi connectivity index (χ0n) is 17.9. The van der Waals surface area contributed by atoms with Crippen LogP contribution in [0.3, 0.4) is 0 Å². The van der Waals surface area contributed by atoms with Gasteiger partial charge in [-0.05, 0) is 44.0 Å². The van der Waals surface area contributed by atoms with Gasteiger partial charge in [0, 0.05) is 32.8 Å². The third-order valence-electron chi connectivity index (χ3n) is 4.68. The van der Waals surface area contributed by atoms with Gasteiger partial charge >= 0.3 is 0 Å². The van der Waals surface area contributed by atoms with Crippen LogP contribution in [-0.2, 0) is 6.42 Å². The highest BCUT2D eigenvalue weighted by Crippen LogP contribution is 2.15. The zero-order valence-corrected chi connectivity index (χ0v) is 20.2. The lowest BCUT2D eigenvalue weighted by molar-refractivity contribution is 0.280. The lowest BCUT2D eigenvalue weighted by Crippen LogP contribution is -2.41. The predicted octanol–water partition coefficient (Wildman–Crippen LogP) is 3.56. The number of rotatable bonds is 9. The summed E-state index contributed by atoms with van der Waals surface area (Å²) >= 11 is 0. The largest absolute Gasteiger partial charge is 0.491 e. The molecule has 0 unspecified atom stereocenters. The molecule has 2 aromatic heterocycles. The van der Waals surface area contributed by atoms with Gasteiger partial charge in [0.05, 0.1) is 6.54 Å². The molecule has 0 aliphatic carbocycles. The van der Waals surface area contributed by atoms with E-state index in [9.17, 15) is 0 Å². The summed E-state index contributed by atoms with van der Waals surface area (Å²) < 4.78 is 7.94. The van der Waals surface area contributed by atoms with E-state index in [2.05, 4.69) is 40.3 Å². The molecule has 3 aromatic rings. The molecule has 30 heavy (non-hydrogen) atoms.